The SMILES string of the molecule is CCC(CC)CCCC([O])=O. The van der Waals surface area contributed by atoms with Crippen molar-refractivity contribution >= 4 is 5.97 Å². The maximum absolute atomic E-state index is 10.0. The summed E-state index contributed by atoms with van der Waals surface area (Å²) >= 11 is 0. The molecule has 0 bridgehead atoms. The van der Waals surface area contributed by atoms with Gasteiger partial charge < -0.3 is 0 Å². The molecule has 0 spiro atoms. The summed E-state index contributed by atoms with van der Waals surface area (Å²) in [6, 6.07) is 0. The van der Waals surface area contributed by atoms with Crippen LogP contribution in [0.15, 0.2) is 0 Å². The maximum atomic E-state index is 10.0. The highest BCUT2D eigenvalue weighted by atomic mass is 16.4. The number of hydrogen-bond acceptors (Lipinski definition) is 1. The smallest absolute Gasteiger partial charge is 0.247 e. The van der Waals surface area contributed by atoms with E-state index in [2.05, 4.69) is 13.8 Å². The van der Waals surface area contributed by atoms with Gasteiger partial charge in [0.2, 0.25) is 0 Å². The average Bonchev–Trinajstić information content (AvgIpc) is 1.98. The van der Waals surface area contributed by atoms with E-state index in [4.69, 9.17) is 0 Å². The van der Waals surface area contributed by atoms with Gasteiger partial charge in [-0.15, -0.1) is 0 Å². The number of hydrogen-bond donors (Lipinski definition) is 0. The van der Waals surface area contributed by atoms with Crippen LogP contribution in [0.25, 0.3) is 0 Å². The molecular formula is C9H17O2. The van der Waals surface area contributed by atoms with Crippen molar-refractivity contribution in [2.45, 2.75) is 46.0 Å². The Balaban J connectivity index is 3.28. The first-order valence-electron chi connectivity index (χ1n) is 4.40. The second kappa shape index (κ2) is 6.20. The molecule has 2 nitrogen and oxygen atoms in total. The molecule has 0 N–H and O–H groups in total. The van der Waals surface area contributed by atoms with Crippen molar-refractivity contribution in [2.75, 3.05) is 0 Å². The molecular weight excluding hydrogens is 140 g/mol. The van der Waals surface area contributed by atoms with Crippen LogP contribution in [0.5, 0.6) is 0 Å². The second-order valence-electron chi connectivity index (χ2n) is 2.95. The van der Waals surface area contributed by atoms with E-state index in [-0.39, 0.29) is 6.42 Å². The molecule has 0 aromatic rings. The minimum atomic E-state index is -0.920. The Bertz CT molecular complexity index is 106. The minimum absolute atomic E-state index is 0.219. The predicted molar refractivity (Wildman–Crippen MR) is 43.6 cm³/mol. The van der Waals surface area contributed by atoms with Crippen LogP contribution >= 0.6 is 0 Å². The Morgan fingerprint density at radius 1 is 1.27 bits per heavy atom. The molecule has 0 unspecified atom stereocenters. The largest absolute Gasteiger partial charge is 0.355 e. The Morgan fingerprint density at radius 2 is 1.82 bits per heavy atom. The first kappa shape index (κ1) is 10.5. The van der Waals surface area contributed by atoms with Crippen LogP contribution in [0.1, 0.15) is 46.0 Å². The summed E-state index contributed by atoms with van der Waals surface area (Å²) < 4.78 is 0. The van der Waals surface area contributed by atoms with E-state index < -0.39 is 5.97 Å². The molecule has 0 fully saturated rings. The van der Waals surface area contributed by atoms with Gasteiger partial charge in [0.05, 0.1) is 6.42 Å². The molecule has 0 rings (SSSR count). The third-order valence-corrected chi connectivity index (χ3v) is 2.15. The zero-order valence-corrected chi connectivity index (χ0v) is 7.43. The Hall–Kier alpha value is -0.530. The summed E-state index contributed by atoms with van der Waals surface area (Å²) in [7, 11) is 0. The molecule has 0 saturated carbocycles. The summed E-state index contributed by atoms with van der Waals surface area (Å²) in [5.41, 5.74) is 0. The van der Waals surface area contributed by atoms with E-state index >= 15 is 0 Å². The van der Waals surface area contributed by atoms with Gasteiger partial charge in [-0.25, -0.2) is 9.90 Å². The lowest BCUT2D eigenvalue weighted by Crippen LogP contribution is -1.99. The predicted octanol–water partition coefficient (Wildman–Crippen LogP) is 2.55. The van der Waals surface area contributed by atoms with Crippen molar-refractivity contribution in [3.8, 4) is 0 Å². The van der Waals surface area contributed by atoms with Crippen LogP contribution in [-0.4, -0.2) is 5.97 Å². The van der Waals surface area contributed by atoms with Crippen molar-refractivity contribution < 1.29 is 9.90 Å². The fourth-order valence-electron chi connectivity index (χ4n) is 1.23. The van der Waals surface area contributed by atoms with Gasteiger partial charge in [0.1, 0.15) is 0 Å². The second-order valence-corrected chi connectivity index (χ2v) is 2.95. The third kappa shape index (κ3) is 5.89. The van der Waals surface area contributed by atoms with E-state index in [9.17, 15) is 9.90 Å². The van der Waals surface area contributed by atoms with E-state index in [1.54, 1.807) is 0 Å². The monoisotopic (exact) mass is 157 g/mol. The first-order valence-corrected chi connectivity index (χ1v) is 4.40. The quantitative estimate of drug-likeness (QED) is 0.583. The van der Waals surface area contributed by atoms with Crippen molar-refractivity contribution in [3.05, 3.63) is 0 Å². The van der Waals surface area contributed by atoms with Gasteiger partial charge in [-0.3, -0.25) is 0 Å². The molecule has 1 radical (unpaired) electrons. The summed E-state index contributed by atoms with van der Waals surface area (Å²) in [6.07, 6.45) is 4.33. The topological polar surface area (TPSA) is 37.0 Å². The van der Waals surface area contributed by atoms with Crippen LogP contribution in [0.4, 0.5) is 0 Å². The molecule has 0 aromatic carbocycles. The van der Waals surface area contributed by atoms with Crippen LogP contribution in [-0.2, 0) is 9.90 Å². The molecule has 11 heavy (non-hydrogen) atoms. The van der Waals surface area contributed by atoms with Crippen molar-refractivity contribution in [1.82, 2.24) is 0 Å². The summed E-state index contributed by atoms with van der Waals surface area (Å²) in [6.45, 7) is 4.29. The van der Waals surface area contributed by atoms with Gasteiger partial charge in [-0.2, -0.15) is 0 Å². The highest BCUT2D eigenvalue weighted by Crippen LogP contribution is 2.15. The molecule has 2 heteroatoms. The highest BCUT2D eigenvalue weighted by Gasteiger charge is 2.05. The normalized spacial score (nSPS) is 10.5. The fourth-order valence-corrected chi connectivity index (χ4v) is 1.23. The molecule has 0 heterocycles. The van der Waals surface area contributed by atoms with Gasteiger partial charge in [0, 0.05) is 0 Å². The zero-order chi connectivity index (χ0) is 8.69. The lowest BCUT2D eigenvalue weighted by atomic mass is 9.97. The van der Waals surface area contributed by atoms with Crippen molar-refractivity contribution in [1.29, 1.82) is 0 Å². The van der Waals surface area contributed by atoms with E-state index in [0.29, 0.717) is 5.92 Å². The van der Waals surface area contributed by atoms with Gasteiger partial charge in [-0.05, 0) is 18.8 Å². The fraction of sp³-hybridized carbons (Fsp3) is 0.889. The lowest BCUT2D eigenvalue weighted by Gasteiger charge is -2.09. The Labute approximate surface area is 68.6 Å². The van der Waals surface area contributed by atoms with Crippen LogP contribution in [0.2, 0.25) is 0 Å². The lowest BCUT2D eigenvalue weighted by molar-refractivity contribution is -0.143. The zero-order valence-electron chi connectivity index (χ0n) is 7.43. The van der Waals surface area contributed by atoms with E-state index in [0.717, 1.165) is 25.7 Å². The van der Waals surface area contributed by atoms with Gasteiger partial charge in [0.15, 0.2) is 0 Å². The van der Waals surface area contributed by atoms with Crippen LogP contribution < -0.4 is 0 Å². The van der Waals surface area contributed by atoms with E-state index in [1.165, 1.54) is 0 Å². The maximum Gasteiger partial charge on any atom is 0.355 e. The number of carbonyl (C=O) groups is 1. The number of rotatable bonds is 6. The Morgan fingerprint density at radius 3 is 2.18 bits per heavy atom. The first-order chi connectivity index (χ1) is 5.20. The Kier molecular flexibility index (Phi) is 5.90. The standard InChI is InChI=1S/C9H17O2/c1-3-8(4-2)6-5-7-9(10)11/h8H,3-7H2,1-2H3. The van der Waals surface area contributed by atoms with E-state index in [1.807, 2.05) is 0 Å². The van der Waals surface area contributed by atoms with Crippen molar-refractivity contribution in [3.63, 3.8) is 0 Å². The van der Waals surface area contributed by atoms with Crippen molar-refractivity contribution in [2.24, 2.45) is 5.92 Å². The molecule has 0 aliphatic carbocycles. The molecule has 0 aromatic heterocycles. The highest BCUT2D eigenvalue weighted by molar-refractivity contribution is 5.66. The summed E-state index contributed by atoms with van der Waals surface area (Å²) in [5.74, 6) is -0.217. The van der Waals surface area contributed by atoms with Gasteiger partial charge in [-0.1, -0.05) is 26.7 Å². The van der Waals surface area contributed by atoms with Gasteiger partial charge >= 0.3 is 5.97 Å². The molecule has 0 atom stereocenters. The number of carbonyl (C=O) groups excluding carboxylic acids is 1. The molecule has 0 aliphatic heterocycles. The third-order valence-electron chi connectivity index (χ3n) is 2.15. The summed E-state index contributed by atoms with van der Waals surface area (Å²) in [5, 5.41) is 10.0. The minimum Gasteiger partial charge on any atom is -0.247 e. The molecule has 0 saturated heterocycles. The molecule has 65 valence electrons. The summed E-state index contributed by atoms with van der Waals surface area (Å²) in [4.78, 5) is 10.0. The molecule has 0 amide bonds. The molecule has 0 aliphatic rings. The van der Waals surface area contributed by atoms with Crippen LogP contribution in [0, 0.1) is 5.92 Å². The average molecular weight is 157 g/mol. The van der Waals surface area contributed by atoms with Crippen LogP contribution in [0.3, 0.4) is 0 Å². The van der Waals surface area contributed by atoms with Gasteiger partial charge in [0.25, 0.3) is 0 Å².